The number of nitro benzene ring substituents is 1. The number of nitrogens with zero attached hydrogens (tertiary/aromatic N) is 1. The number of hydrogen-bond donors (Lipinski definition) is 2. The molecular weight excluding hydrogens is 267 g/mol. The number of amides is 1. The summed E-state index contributed by atoms with van der Waals surface area (Å²) in [4.78, 5) is 22.2. The van der Waals surface area contributed by atoms with Gasteiger partial charge in [-0.3, -0.25) is 14.9 Å². The van der Waals surface area contributed by atoms with Gasteiger partial charge in [0.1, 0.15) is 11.4 Å². The van der Waals surface area contributed by atoms with Crippen LogP contribution in [-0.4, -0.2) is 28.6 Å². The number of carbonyl (C=O) groups excluding carboxylic acids is 1. The van der Waals surface area contributed by atoms with Gasteiger partial charge >= 0.3 is 0 Å². The molecule has 1 aromatic rings. The van der Waals surface area contributed by atoms with E-state index >= 15 is 0 Å². The Morgan fingerprint density at radius 1 is 1.55 bits per heavy atom. The van der Waals surface area contributed by atoms with Gasteiger partial charge in [0.2, 0.25) is 0 Å². The van der Waals surface area contributed by atoms with Crippen molar-refractivity contribution in [2.45, 2.75) is 25.3 Å². The Balaban J connectivity index is 2.19. The Kier molecular flexibility index (Phi) is 4.29. The fourth-order valence-corrected chi connectivity index (χ4v) is 2.16. The average Bonchev–Trinajstić information content (AvgIpc) is 3.21. The molecule has 1 unspecified atom stereocenters. The lowest BCUT2D eigenvalue weighted by molar-refractivity contribution is -0.385. The van der Waals surface area contributed by atoms with E-state index in [0.29, 0.717) is 12.3 Å². The zero-order chi connectivity index (χ0) is 14.7. The van der Waals surface area contributed by atoms with Gasteiger partial charge in [-0.15, -0.1) is 0 Å². The van der Waals surface area contributed by atoms with E-state index in [0.717, 1.165) is 31.0 Å². The van der Waals surface area contributed by atoms with E-state index in [-0.39, 0.29) is 18.2 Å². The molecule has 108 valence electrons. The molecule has 0 aromatic heterocycles. The molecule has 1 aliphatic rings. The molecule has 1 amide bonds. The van der Waals surface area contributed by atoms with E-state index in [1.807, 2.05) is 0 Å². The highest BCUT2D eigenvalue weighted by molar-refractivity contribution is 5.98. The maximum Gasteiger partial charge on any atom is 0.282 e. The molecule has 1 aromatic carbocycles. The highest BCUT2D eigenvalue weighted by atomic mass is 19.1. The summed E-state index contributed by atoms with van der Waals surface area (Å²) >= 11 is 0. The fraction of sp³-hybridized carbons (Fsp3) is 0.462. The monoisotopic (exact) mass is 282 g/mol. The number of rotatable bonds is 6. The largest absolute Gasteiger partial charge is 0.396 e. The van der Waals surface area contributed by atoms with Crippen LogP contribution in [0.15, 0.2) is 18.2 Å². The van der Waals surface area contributed by atoms with Crippen molar-refractivity contribution in [3.05, 3.63) is 39.7 Å². The first-order chi connectivity index (χ1) is 9.52. The highest BCUT2D eigenvalue weighted by Gasteiger charge is 2.33. The summed E-state index contributed by atoms with van der Waals surface area (Å²) in [5.74, 6) is -1.09. The summed E-state index contributed by atoms with van der Waals surface area (Å²) in [5, 5.41) is 22.5. The van der Waals surface area contributed by atoms with Crippen LogP contribution in [0.25, 0.3) is 0 Å². The maximum absolute atomic E-state index is 13.2. The van der Waals surface area contributed by atoms with Gasteiger partial charge < -0.3 is 10.4 Å². The van der Waals surface area contributed by atoms with Crippen molar-refractivity contribution >= 4 is 11.6 Å². The Morgan fingerprint density at radius 3 is 2.80 bits per heavy atom. The molecule has 0 aliphatic heterocycles. The molecule has 2 rings (SSSR count). The second kappa shape index (κ2) is 5.96. The van der Waals surface area contributed by atoms with E-state index < -0.39 is 22.3 Å². The lowest BCUT2D eigenvalue weighted by Crippen LogP contribution is -2.37. The van der Waals surface area contributed by atoms with Gasteiger partial charge in [0.05, 0.1) is 4.92 Å². The number of nitro groups is 1. The van der Waals surface area contributed by atoms with Crippen molar-refractivity contribution in [3.8, 4) is 0 Å². The molecule has 0 radical (unpaired) electrons. The normalized spacial score (nSPS) is 15.7. The Labute approximate surface area is 114 Å². The lowest BCUT2D eigenvalue weighted by atomic mass is 10.1. The summed E-state index contributed by atoms with van der Waals surface area (Å²) in [5.41, 5.74) is -0.721. The first kappa shape index (κ1) is 14.4. The Morgan fingerprint density at radius 2 is 2.25 bits per heavy atom. The van der Waals surface area contributed by atoms with Crippen LogP contribution in [0, 0.1) is 21.8 Å². The van der Waals surface area contributed by atoms with Crippen LogP contribution < -0.4 is 5.32 Å². The molecule has 2 N–H and O–H groups in total. The van der Waals surface area contributed by atoms with Gasteiger partial charge in [0.15, 0.2) is 0 Å². The number of halogens is 1. The summed E-state index contributed by atoms with van der Waals surface area (Å²) in [6, 6.07) is 2.55. The van der Waals surface area contributed by atoms with Crippen molar-refractivity contribution in [1.82, 2.24) is 5.32 Å². The zero-order valence-electron chi connectivity index (χ0n) is 10.7. The Hall–Kier alpha value is -2.02. The first-order valence-electron chi connectivity index (χ1n) is 6.38. The summed E-state index contributed by atoms with van der Waals surface area (Å²) in [6.45, 7) is -0.0767. The molecule has 0 heterocycles. The van der Waals surface area contributed by atoms with Crippen LogP contribution in [0.5, 0.6) is 0 Å². The molecule has 0 spiro atoms. The number of benzene rings is 1. The number of aliphatic hydroxyl groups excluding tert-OH is 1. The maximum atomic E-state index is 13.2. The molecule has 1 atom stereocenters. The molecule has 1 saturated carbocycles. The summed E-state index contributed by atoms with van der Waals surface area (Å²) in [7, 11) is 0. The number of nitrogens with one attached hydrogen (secondary N) is 1. The summed E-state index contributed by atoms with van der Waals surface area (Å²) in [6.07, 6.45) is 2.30. The zero-order valence-corrected chi connectivity index (χ0v) is 10.7. The van der Waals surface area contributed by atoms with E-state index in [1.54, 1.807) is 0 Å². The van der Waals surface area contributed by atoms with Crippen LogP contribution >= 0.6 is 0 Å². The molecule has 0 saturated heterocycles. The molecule has 20 heavy (non-hydrogen) atoms. The minimum atomic E-state index is -0.716. The predicted molar refractivity (Wildman–Crippen MR) is 68.7 cm³/mol. The number of hydrogen-bond acceptors (Lipinski definition) is 4. The van der Waals surface area contributed by atoms with Crippen molar-refractivity contribution in [3.63, 3.8) is 0 Å². The van der Waals surface area contributed by atoms with Gasteiger partial charge in [-0.2, -0.15) is 0 Å². The Bertz CT molecular complexity index is 531. The highest BCUT2D eigenvalue weighted by Crippen LogP contribution is 2.34. The van der Waals surface area contributed by atoms with Gasteiger partial charge in [-0.1, -0.05) is 0 Å². The molecule has 7 heteroatoms. The van der Waals surface area contributed by atoms with E-state index in [2.05, 4.69) is 5.32 Å². The third kappa shape index (κ3) is 3.30. The quantitative estimate of drug-likeness (QED) is 0.612. The third-order valence-corrected chi connectivity index (χ3v) is 3.35. The van der Waals surface area contributed by atoms with E-state index in [1.165, 1.54) is 0 Å². The van der Waals surface area contributed by atoms with Crippen molar-refractivity contribution in [2.75, 3.05) is 6.61 Å². The van der Waals surface area contributed by atoms with Crippen LogP contribution in [0.4, 0.5) is 10.1 Å². The van der Waals surface area contributed by atoms with Crippen LogP contribution in [-0.2, 0) is 0 Å². The second-order valence-electron chi connectivity index (χ2n) is 4.85. The number of aliphatic hydroxyl groups is 1. The molecule has 0 bridgehead atoms. The lowest BCUT2D eigenvalue weighted by Gasteiger charge is -2.17. The summed E-state index contributed by atoms with van der Waals surface area (Å²) < 4.78 is 13.2. The molecular formula is C13H15FN2O4. The van der Waals surface area contributed by atoms with Crippen molar-refractivity contribution in [2.24, 2.45) is 5.92 Å². The molecule has 6 nitrogen and oxygen atoms in total. The predicted octanol–water partition coefficient (Wildman–Crippen LogP) is 1.62. The van der Waals surface area contributed by atoms with Gasteiger partial charge in [-0.05, 0) is 37.3 Å². The van der Waals surface area contributed by atoms with E-state index in [9.17, 15) is 19.3 Å². The van der Waals surface area contributed by atoms with Gasteiger partial charge in [-0.25, -0.2) is 4.39 Å². The van der Waals surface area contributed by atoms with Crippen LogP contribution in [0.1, 0.15) is 29.6 Å². The minimum Gasteiger partial charge on any atom is -0.396 e. The van der Waals surface area contributed by atoms with Crippen molar-refractivity contribution in [1.29, 1.82) is 0 Å². The standard InChI is InChI=1S/C13H15FN2O4/c14-9-3-4-12(16(19)20)10(7-9)13(18)15-11(5-6-17)8-1-2-8/h3-4,7-8,11,17H,1-2,5-6H2,(H,15,18). The molecule has 1 fully saturated rings. The SMILES string of the molecule is O=C(NC(CCO)C1CC1)c1cc(F)ccc1[N+](=O)[O-]. The third-order valence-electron chi connectivity index (χ3n) is 3.35. The van der Waals surface area contributed by atoms with Crippen LogP contribution in [0.3, 0.4) is 0 Å². The number of carbonyl (C=O) groups is 1. The first-order valence-corrected chi connectivity index (χ1v) is 6.38. The van der Waals surface area contributed by atoms with E-state index in [4.69, 9.17) is 5.11 Å². The fourth-order valence-electron chi connectivity index (χ4n) is 2.16. The topological polar surface area (TPSA) is 92.5 Å². The smallest absolute Gasteiger partial charge is 0.282 e. The van der Waals surface area contributed by atoms with Gasteiger partial charge in [0.25, 0.3) is 11.6 Å². The minimum absolute atomic E-state index is 0.0767. The van der Waals surface area contributed by atoms with Crippen molar-refractivity contribution < 1.29 is 19.2 Å². The average molecular weight is 282 g/mol. The van der Waals surface area contributed by atoms with Crippen LogP contribution in [0.2, 0.25) is 0 Å². The van der Waals surface area contributed by atoms with Gasteiger partial charge in [0, 0.05) is 18.7 Å². The molecule has 1 aliphatic carbocycles. The second-order valence-corrected chi connectivity index (χ2v) is 4.85.